The highest BCUT2D eigenvalue weighted by Gasteiger charge is 2.22. The topological polar surface area (TPSA) is 3.24 Å². The van der Waals surface area contributed by atoms with Crippen molar-refractivity contribution in [3.63, 3.8) is 0 Å². The lowest BCUT2D eigenvalue weighted by atomic mass is 9.95. The molecule has 0 bridgehead atoms. The van der Waals surface area contributed by atoms with Gasteiger partial charge in [-0.05, 0) is 86.6 Å². The van der Waals surface area contributed by atoms with Crippen LogP contribution in [0.2, 0.25) is 0 Å². The molecular weight excluding hydrogens is 671 g/mol. The number of rotatable bonds is 7. The number of para-hydroxylation sites is 2. The summed E-state index contributed by atoms with van der Waals surface area (Å²) in [5.74, 6) is 0. The lowest BCUT2D eigenvalue weighted by molar-refractivity contribution is 1.28. The van der Waals surface area contributed by atoms with Crippen LogP contribution in [0.1, 0.15) is 0 Å². The van der Waals surface area contributed by atoms with Gasteiger partial charge in [0.2, 0.25) is 0 Å². The van der Waals surface area contributed by atoms with Gasteiger partial charge in [0.15, 0.2) is 0 Å². The summed E-state index contributed by atoms with van der Waals surface area (Å²) in [5, 5.41) is 5.13. The van der Waals surface area contributed by atoms with E-state index in [1.807, 2.05) is 11.3 Å². The van der Waals surface area contributed by atoms with Gasteiger partial charge in [-0.15, -0.1) is 11.3 Å². The second-order valence-corrected chi connectivity index (χ2v) is 14.8. The minimum absolute atomic E-state index is 1.10. The summed E-state index contributed by atoms with van der Waals surface area (Å²) in [7, 11) is 0. The zero-order chi connectivity index (χ0) is 35.8. The fourth-order valence-corrected chi connectivity index (χ4v) is 8.99. The Morgan fingerprint density at radius 1 is 0.315 bits per heavy atom. The maximum atomic E-state index is 2.44. The van der Waals surface area contributed by atoms with E-state index in [2.05, 4.69) is 217 Å². The molecule has 0 unspecified atom stereocenters. The first-order valence-electron chi connectivity index (χ1n) is 18.4. The summed E-state index contributed by atoms with van der Waals surface area (Å²) in [5.41, 5.74) is 13.0. The quantitative estimate of drug-likeness (QED) is 0.160. The molecule has 1 nitrogen and oxygen atoms in total. The molecule has 0 aliphatic heterocycles. The molecule has 54 heavy (non-hydrogen) atoms. The molecule has 10 aromatic rings. The average Bonchev–Trinajstić information content (AvgIpc) is 3.64. The number of thiophene rings is 1. The molecule has 0 aliphatic carbocycles. The monoisotopic (exact) mass is 705 g/mol. The SMILES string of the molecule is c1ccc(-c2ccccc2N(c2ccc(-c3ccc(-c4ccc5ccccc5c4)cc3)cc2)c2ccccc2-c2cccc3sc4ccccc4c23)cc1. The van der Waals surface area contributed by atoms with Gasteiger partial charge in [-0.25, -0.2) is 0 Å². The first-order chi connectivity index (χ1) is 26.8. The molecule has 0 fully saturated rings. The predicted octanol–water partition coefficient (Wildman–Crippen LogP) is 15.3. The van der Waals surface area contributed by atoms with Crippen molar-refractivity contribution in [2.45, 2.75) is 0 Å². The van der Waals surface area contributed by atoms with Crippen molar-refractivity contribution < 1.29 is 0 Å². The number of hydrogen-bond donors (Lipinski definition) is 0. The van der Waals surface area contributed by atoms with Crippen molar-refractivity contribution in [2.24, 2.45) is 0 Å². The van der Waals surface area contributed by atoms with Gasteiger partial charge in [-0.1, -0.05) is 170 Å². The van der Waals surface area contributed by atoms with Crippen molar-refractivity contribution in [3.8, 4) is 44.5 Å². The van der Waals surface area contributed by atoms with Crippen LogP contribution in [-0.2, 0) is 0 Å². The molecule has 2 heteroatoms. The Labute approximate surface area is 319 Å². The number of fused-ring (bicyclic) bond motifs is 4. The normalized spacial score (nSPS) is 11.3. The van der Waals surface area contributed by atoms with Crippen molar-refractivity contribution in [1.29, 1.82) is 0 Å². The Kier molecular flexibility index (Phi) is 8.09. The average molecular weight is 706 g/mol. The molecule has 0 amide bonds. The first-order valence-corrected chi connectivity index (χ1v) is 19.2. The highest BCUT2D eigenvalue weighted by Crippen LogP contribution is 2.48. The third kappa shape index (κ3) is 5.74. The zero-order valence-electron chi connectivity index (χ0n) is 29.6. The molecule has 254 valence electrons. The van der Waals surface area contributed by atoms with E-state index in [-0.39, 0.29) is 0 Å². The Morgan fingerprint density at radius 2 is 0.852 bits per heavy atom. The molecular formula is C52H35NS. The van der Waals surface area contributed by atoms with Gasteiger partial charge in [0.1, 0.15) is 0 Å². The van der Waals surface area contributed by atoms with E-state index in [1.165, 1.54) is 75.5 Å². The molecule has 9 aromatic carbocycles. The summed E-state index contributed by atoms with van der Waals surface area (Å²) in [4.78, 5) is 2.44. The largest absolute Gasteiger partial charge is 0.309 e. The van der Waals surface area contributed by atoms with Crippen LogP contribution in [-0.4, -0.2) is 0 Å². The third-order valence-corrected chi connectivity index (χ3v) is 11.6. The van der Waals surface area contributed by atoms with Crippen molar-refractivity contribution in [1.82, 2.24) is 0 Å². The summed E-state index contributed by atoms with van der Waals surface area (Å²) in [6.07, 6.45) is 0. The second kappa shape index (κ2) is 13.7. The van der Waals surface area contributed by atoms with E-state index in [0.717, 1.165) is 17.1 Å². The Morgan fingerprint density at radius 3 is 1.63 bits per heavy atom. The van der Waals surface area contributed by atoms with Crippen LogP contribution in [0.25, 0.3) is 75.5 Å². The molecule has 0 aliphatic rings. The summed E-state index contributed by atoms with van der Waals surface area (Å²) >= 11 is 1.86. The Balaban J connectivity index is 1.10. The van der Waals surface area contributed by atoms with E-state index < -0.39 is 0 Å². The minimum atomic E-state index is 1.10. The molecule has 10 rings (SSSR count). The number of anilines is 3. The predicted molar refractivity (Wildman–Crippen MR) is 233 cm³/mol. The minimum Gasteiger partial charge on any atom is -0.309 e. The molecule has 0 saturated carbocycles. The van der Waals surface area contributed by atoms with E-state index >= 15 is 0 Å². The summed E-state index contributed by atoms with van der Waals surface area (Å²) in [6, 6.07) is 77.1. The maximum absolute atomic E-state index is 2.44. The fraction of sp³-hybridized carbons (Fsp3) is 0. The van der Waals surface area contributed by atoms with Gasteiger partial charge in [-0.2, -0.15) is 0 Å². The molecule has 1 heterocycles. The van der Waals surface area contributed by atoms with Gasteiger partial charge in [-0.3, -0.25) is 0 Å². The van der Waals surface area contributed by atoms with Gasteiger partial charge >= 0.3 is 0 Å². The maximum Gasteiger partial charge on any atom is 0.0540 e. The standard InChI is InChI=1S/C52H35NS/c1-2-14-40(15-3-1)44-17-6-9-21-48(44)53(49-22-10-7-18-45(49)46-20-12-24-51-52(46)47-19-8-11-23-50(47)54-51)43-33-31-38(32-34-43)37-25-27-39(28-26-37)42-30-29-36-13-4-5-16-41(36)35-42/h1-35H. The van der Waals surface area contributed by atoms with E-state index in [9.17, 15) is 0 Å². The van der Waals surface area contributed by atoms with Crippen LogP contribution < -0.4 is 4.90 Å². The van der Waals surface area contributed by atoms with Gasteiger partial charge in [0.25, 0.3) is 0 Å². The lowest BCUT2D eigenvalue weighted by Crippen LogP contribution is -2.12. The van der Waals surface area contributed by atoms with Crippen LogP contribution in [0.3, 0.4) is 0 Å². The lowest BCUT2D eigenvalue weighted by Gasteiger charge is -2.30. The molecule has 0 radical (unpaired) electrons. The van der Waals surface area contributed by atoms with Gasteiger partial charge in [0, 0.05) is 37.0 Å². The first kappa shape index (κ1) is 32.0. The Bertz CT molecular complexity index is 2920. The van der Waals surface area contributed by atoms with Gasteiger partial charge in [0.05, 0.1) is 11.4 Å². The van der Waals surface area contributed by atoms with Crippen LogP contribution in [0.5, 0.6) is 0 Å². The van der Waals surface area contributed by atoms with Gasteiger partial charge < -0.3 is 4.90 Å². The van der Waals surface area contributed by atoms with Crippen LogP contribution in [0.4, 0.5) is 17.1 Å². The summed E-state index contributed by atoms with van der Waals surface area (Å²) in [6.45, 7) is 0. The smallest absolute Gasteiger partial charge is 0.0540 e. The third-order valence-electron chi connectivity index (χ3n) is 10.5. The summed E-state index contributed by atoms with van der Waals surface area (Å²) < 4.78 is 2.61. The van der Waals surface area contributed by atoms with Crippen LogP contribution in [0.15, 0.2) is 212 Å². The van der Waals surface area contributed by atoms with Crippen molar-refractivity contribution in [3.05, 3.63) is 212 Å². The van der Waals surface area contributed by atoms with E-state index in [1.54, 1.807) is 0 Å². The second-order valence-electron chi connectivity index (χ2n) is 13.7. The zero-order valence-corrected chi connectivity index (χ0v) is 30.4. The fourth-order valence-electron chi connectivity index (χ4n) is 7.86. The number of hydrogen-bond acceptors (Lipinski definition) is 2. The number of benzene rings is 9. The molecule has 0 N–H and O–H groups in total. The molecule has 0 spiro atoms. The molecule has 0 saturated heterocycles. The molecule has 0 atom stereocenters. The number of nitrogens with zero attached hydrogens (tertiary/aromatic N) is 1. The van der Waals surface area contributed by atoms with E-state index in [0.29, 0.717) is 0 Å². The highest BCUT2D eigenvalue weighted by atomic mass is 32.1. The molecule has 1 aromatic heterocycles. The highest BCUT2D eigenvalue weighted by molar-refractivity contribution is 7.25. The van der Waals surface area contributed by atoms with Crippen molar-refractivity contribution in [2.75, 3.05) is 4.90 Å². The Hall–Kier alpha value is -6.74. The van der Waals surface area contributed by atoms with Crippen LogP contribution >= 0.6 is 11.3 Å². The van der Waals surface area contributed by atoms with E-state index in [4.69, 9.17) is 0 Å². The van der Waals surface area contributed by atoms with Crippen molar-refractivity contribution >= 4 is 59.3 Å². The van der Waals surface area contributed by atoms with Crippen LogP contribution in [0, 0.1) is 0 Å².